The fraction of sp³-hybridized carbons (Fsp3) is 0.529. The van der Waals surface area contributed by atoms with E-state index in [-0.39, 0.29) is 24.6 Å². The molecule has 0 saturated carbocycles. The van der Waals surface area contributed by atoms with E-state index in [1.165, 1.54) is 18.4 Å². The van der Waals surface area contributed by atoms with Crippen LogP contribution >= 0.6 is 0 Å². The molecular weight excluding hydrogens is 358 g/mol. The molecular formula is C17H25N3O5S. The minimum absolute atomic E-state index is 0.119. The molecule has 2 rings (SSSR count). The lowest BCUT2D eigenvalue weighted by molar-refractivity contribution is -0.120. The fourth-order valence-corrected chi connectivity index (χ4v) is 4.00. The summed E-state index contributed by atoms with van der Waals surface area (Å²) in [5.41, 5.74) is 0.639. The second-order valence-corrected chi connectivity index (χ2v) is 8.39. The molecule has 0 bridgehead atoms. The van der Waals surface area contributed by atoms with E-state index < -0.39 is 22.1 Å². The summed E-state index contributed by atoms with van der Waals surface area (Å²) in [6.45, 7) is 2.46. The van der Waals surface area contributed by atoms with Crippen LogP contribution in [0.1, 0.15) is 30.1 Å². The Kier molecular flexibility index (Phi) is 6.74. The number of ether oxygens (including phenoxy) is 1. The van der Waals surface area contributed by atoms with Gasteiger partial charge >= 0.3 is 5.97 Å². The molecule has 1 aliphatic rings. The summed E-state index contributed by atoms with van der Waals surface area (Å²) < 4.78 is 32.0. The molecule has 0 radical (unpaired) electrons. The van der Waals surface area contributed by atoms with Crippen LogP contribution in [-0.2, 0) is 19.7 Å². The lowest BCUT2D eigenvalue weighted by atomic mass is 9.98. The van der Waals surface area contributed by atoms with Gasteiger partial charge in [-0.2, -0.15) is 17.0 Å². The number of esters is 1. The monoisotopic (exact) mass is 383 g/mol. The highest BCUT2D eigenvalue weighted by atomic mass is 32.2. The highest BCUT2D eigenvalue weighted by Gasteiger charge is 2.33. The first-order valence-corrected chi connectivity index (χ1v) is 9.91. The molecule has 1 heterocycles. The molecule has 26 heavy (non-hydrogen) atoms. The first kappa shape index (κ1) is 20.3. The van der Waals surface area contributed by atoms with Crippen LogP contribution in [0.2, 0.25) is 0 Å². The SMILES string of the molecule is CCOC(=O)c1ccccc1NC(=O)[C@@H]1CCCN(S(=O)(=O)N(C)C)C1. The number of nitrogens with one attached hydrogen (secondary N) is 1. The second-order valence-electron chi connectivity index (χ2n) is 6.24. The Morgan fingerprint density at radius 3 is 2.65 bits per heavy atom. The van der Waals surface area contributed by atoms with Gasteiger partial charge in [-0.15, -0.1) is 0 Å². The van der Waals surface area contributed by atoms with Crippen molar-refractivity contribution >= 4 is 27.8 Å². The Labute approximate surface area is 154 Å². The number of nitrogens with zero attached hydrogens (tertiary/aromatic N) is 2. The van der Waals surface area contributed by atoms with Crippen LogP contribution in [0.4, 0.5) is 5.69 Å². The molecule has 9 heteroatoms. The van der Waals surface area contributed by atoms with E-state index in [0.717, 1.165) is 4.31 Å². The zero-order valence-electron chi connectivity index (χ0n) is 15.3. The molecule has 1 N–H and O–H groups in total. The summed E-state index contributed by atoms with van der Waals surface area (Å²) in [4.78, 5) is 24.7. The van der Waals surface area contributed by atoms with Crippen LogP contribution in [0, 0.1) is 5.92 Å². The summed E-state index contributed by atoms with van der Waals surface area (Å²) in [6, 6.07) is 6.61. The van der Waals surface area contributed by atoms with E-state index in [4.69, 9.17) is 4.74 Å². The molecule has 1 fully saturated rings. The van der Waals surface area contributed by atoms with Gasteiger partial charge in [-0.1, -0.05) is 12.1 Å². The van der Waals surface area contributed by atoms with Crippen molar-refractivity contribution in [3.8, 4) is 0 Å². The van der Waals surface area contributed by atoms with Gasteiger partial charge in [-0.25, -0.2) is 4.79 Å². The topological polar surface area (TPSA) is 96.0 Å². The number of para-hydroxylation sites is 1. The van der Waals surface area contributed by atoms with Crippen LogP contribution in [0.15, 0.2) is 24.3 Å². The highest BCUT2D eigenvalue weighted by molar-refractivity contribution is 7.86. The van der Waals surface area contributed by atoms with E-state index >= 15 is 0 Å². The zero-order valence-corrected chi connectivity index (χ0v) is 16.1. The van der Waals surface area contributed by atoms with E-state index in [0.29, 0.717) is 25.1 Å². The summed E-state index contributed by atoms with van der Waals surface area (Å²) >= 11 is 0. The molecule has 1 aliphatic heterocycles. The quantitative estimate of drug-likeness (QED) is 0.748. The molecule has 0 aliphatic carbocycles. The molecule has 1 atom stereocenters. The first-order chi connectivity index (χ1) is 12.3. The molecule has 1 aromatic carbocycles. The number of rotatable bonds is 6. The van der Waals surface area contributed by atoms with Gasteiger partial charge in [0, 0.05) is 27.2 Å². The predicted molar refractivity (Wildman–Crippen MR) is 97.9 cm³/mol. The summed E-state index contributed by atoms with van der Waals surface area (Å²) in [5, 5.41) is 2.75. The van der Waals surface area contributed by atoms with E-state index in [1.54, 1.807) is 31.2 Å². The fourth-order valence-electron chi connectivity index (χ4n) is 2.81. The molecule has 1 aromatic rings. The van der Waals surface area contributed by atoms with Crippen LogP contribution in [0.5, 0.6) is 0 Å². The first-order valence-electron chi connectivity index (χ1n) is 8.52. The Balaban J connectivity index is 2.12. The van der Waals surface area contributed by atoms with Crippen molar-refractivity contribution in [1.82, 2.24) is 8.61 Å². The van der Waals surface area contributed by atoms with E-state index in [9.17, 15) is 18.0 Å². The number of benzene rings is 1. The van der Waals surface area contributed by atoms with E-state index in [2.05, 4.69) is 5.32 Å². The number of hydrogen-bond acceptors (Lipinski definition) is 5. The number of carbonyl (C=O) groups is 2. The van der Waals surface area contributed by atoms with Crippen molar-refractivity contribution in [3.63, 3.8) is 0 Å². The Morgan fingerprint density at radius 1 is 1.31 bits per heavy atom. The maximum atomic E-state index is 12.6. The van der Waals surface area contributed by atoms with Gasteiger partial charge in [0.05, 0.1) is 23.8 Å². The maximum absolute atomic E-state index is 12.6. The summed E-state index contributed by atoms with van der Waals surface area (Å²) in [6.07, 6.45) is 1.19. The molecule has 144 valence electrons. The average molecular weight is 383 g/mol. The smallest absolute Gasteiger partial charge is 0.340 e. The molecule has 0 aromatic heterocycles. The summed E-state index contributed by atoms with van der Waals surface area (Å²) in [5.74, 6) is -1.29. The standard InChI is InChI=1S/C17H25N3O5S/c1-4-25-17(22)14-9-5-6-10-15(14)18-16(21)13-8-7-11-20(12-13)26(23,24)19(2)3/h5-6,9-10,13H,4,7-8,11-12H2,1-3H3,(H,18,21)/t13-/m1/s1. The van der Waals surface area contributed by atoms with Crippen LogP contribution in [0.25, 0.3) is 0 Å². The number of anilines is 1. The van der Waals surface area contributed by atoms with Crippen LogP contribution < -0.4 is 5.32 Å². The Bertz CT molecular complexity index is 763. The molecule has 1 amide bonds. The number of piperidine rings is 1. The highest BCUT2D eigenvalue weighted by Crippen LogP contribution is 2.23. The third-order valence-electron chi connectivity index (χ3n) is 4.22. The minimum atomic E-state index is -3.56. The number of amides is 1. The maximum Gasteiger partial charge on any atom is 0.340 e. The molecule has 0 spiro atoms. The normalized spacial score (nSPS) is 18.5. The largest absolute Gasteiger partial charge is 0.462 e. The number of carbonyl (C=O) groups excluding carboxylic acids is 2. The van der Waals surface area contributed by atoms with Crippen molar-refractivity contribution in [1.29, 1.82) is 0 Å². The van der Waals surface area contributed by atoms with Gasteiger partial charge in [0.2, 0.25) is 5.91 Å². The third-order valence-corrected chi connectivity index (χ3v) is 6.13. The number of hydrogen-bond donors (Lipinski definition) is 1. The average Bonchev–Trinajstić information content (AvgIpc) is 2.62. The third kappa shape index (κ3) is 4.60. The lowest BCUT2D eigenvalue weighted by Gasteiger charge is -2.32. The molecule has 8 nitrogen and oxygen atoms in total. The Hall–Kier alpha value is -1.97. The van der Waals surface area contributed by atoms with Crippen molar-refractivity contribution in [2.75, 3.05) is 39.1 Å². The van der Waals surface area contributed by atoms with Gasteiger partial charge in [-0.3, -0.25) is 4.79 Å². The Morgan fingerprint density at radius 2 is 2.00 bits per heavy atom. The van der Waals surface area contributed by atoms with Crippen LogP contribution in [-0.4, -0.2) is 62.7 Å². The van der Waals surface area contributed by atoms with Gasteiger partial charge in [0.25, 0.3) is 10.2 Å². The predicted octanol–water partition coefficient (Wildman–Crippen LogP) is 1.32. The molecule has 0 unspecified atom stereocenters. The van der Waals surface area contributed by atoms with Crippen molar-refractivity contribution < 1.29 is 22.7 Å². The van der Waals surface area contributed by atoms with Crippen molar-refractivity contribution in [2.24, 2.45) is 5.92 Å². The van der Waals surface area contributed by atoms with Gasteiger partial charge in [0.1, 0.15) is 0 Å². The second kappa shape index (κ2) is 8.61. The van der Waals surface area contributed by atoms with Gasteiger partial charge in [-0.05, 0) is 31.9 Å². The van der Waals surface area contributed by atoms with Crippen molar-refractivity contribution in [2.45, 2.75) is 19.8 Å². The minimum Gasteiger partial charge on any atom is -0.462 e. The van der Waals surface area contributed by atoms with E-state index in [1.807, 2.05) is 0 Å². The summed E-state index contributed by atoms with van der Waals surface area (Å²) in [7, 11) is -0.622. The van der Waals surface area contributed by atoms with Gasteiger partial charge < -0.3 is 10.1 Å². The molecule has 1 saturated heterocycles. The lowest BCUT2D eigenvalue weighted by Crippen LogP contribution is -2.47. The zero-order chi connectivity index (χ0) is 19.3. The van der Waals surface area contributed by atoms with Crippen LogP contribution in [0.3, 0.4) is 0 Å². The van der Waals surface area contributed by atoms with Gasteiger partial charge in [0.15, 0.2) is 0 Å². The van der Waals surface area contributed by atoms with Crippen molar-refractivity contribution in [3.05, 3.63) is 29.8 Å².